The Morgan fingerprint density at radius 2 is 2.00 bits per heavy atom. The number of unbranched alkanes of at least 4 members (excludes halogenated alkanes) is 1. The number of nitrogens with zero attached hydrogens (tertiary/aromatic N) is 2. The van der Waals surface area contributed by atoms with Crippen molar-refractivity contribution in [2.75, 3.05) is 18.5 Å². The van der Waals surface area contributed by atoms with Gasteiger partial charge in [-0.25, -0.2) is 0 Å². The highest BCUT2D eigenvalue weighted by molar-refractivity contribution is 5.73. The summed E-state index contributed by atoms with van der Waals surface area (Å²) in [7, 11) is 1.99. The predicted octanol–water partition coefficient (Wildman–Crippen LogP) is 1.65. The third-order valence-electron chi connectivity index (χ3n) is 2.60. The molecule has 0 aliphatic heterocycles. The first-order chi connectivity index (χ1) is 8.13. The average molecular weight is 231 g/mol. The number of hydrogen-bond acceptors (Lipinski definition) is 3. The van der Waals surface area contributed by atoms with Crippen LogP contribution in [0.5, 0.6) is 0 Å². The van der Waals surface area contributed by atoms with Crippen LogP contribution >= 0.6 is 0 Å². The topological polar surface area (TPSA) is 70.1 Å². The molecule has 0 atom stereocenters. The maximum absolute atomic E-state index is 10.6. The van der Waals surface area contributed by atoms with E-state index in [9.17, 15) is 4.79 Å². The molecule has 0 bridgehead atoms. The fourth-order valence-electron chi connectivity index (χ4n) is 1.57. The first-order valence-electron chi connectivity index (χ1n) is 5.63. The molecule has 1 aromatic carbocycles. The second-order valence-electron chi connectivity index (χ2n) is 4.00. The van der Waals surface area contributed by atoms with Gasteiger partial charge in [0, 0.05) is 25.7 Å². The first-order valence-corrected chi connectivity index (χ1v) is 5.63. The van der Waals surface area contributed by atoms with Crippen LogP contribution in [-0.2, 0) is 4.79 Å². The van der Waals surface area contributed by atoms with Crippen molar-refractivity contribution in [2.24, 2.45) is 5.73 Å². The minimum Gasteiger partial charge on any atom is -0.375 e. The van der Waals surface area contributed by atoms with Crippen LogP contribution in [0.4, 0.5) is 5.69 Å². The molecule has 0 unspecified atom stereocenters. The zero-order chi connectivity index (χ0) is 12.7. The minimum atomic E-state index is -0.244. The van der Waals surface area contributed by atoms with Gasteiger partial charge in [0.05, 0.1) is 11.6 Å². The zero-order valence-corrected chi connectivity index (χ0v) is 10.0. The molecule has 0 heterocycles. The van der Waals surface area contributed by atoms with Crippen molar-refractivity contribution in [1.82, 2.24) is 0 Å². The van der Waals surface area contributed by atoms with Gasteiger partial charge in [0.1, 0.15) is 0 Å². The van der Waals surface area contributed by atoms with Crippen LogP contribution in [0.1, 0.15) is 24.8 Å². The van der Waals surface area contributed by atoms with Crippen molar-refractivity contribution in [1.29, 1.82) is 5.26 Å². The Hall–Kier alpha value is -2.02. The van der Waals surface area contributed by atoms with E-state index in [1.54, 1.807) is 12.1 Å². The van der Waals surface area contributed by atoms with E-state index in [0.29, 0.717) is 12.0 Å². The summed E-state index contributed by atoms with van der Waals surface area (Å²) < 4.78 is 0. The summed E-state index contributed by atoms with van der Waals surface area (Å²) in [5.41, 5.74) is 6.80. The fraction of sp³-hybridized carbons (Fsp3) is 0.385. The molecule has 0 saturated heterocycles. The highest BCUT2D eigenvalue weighted by Crippen LogP contribution is 2.14. The Morgan fingerprint density at radius 3 is 2.53 bits per heavy atom. The fourth-order valence-corrected chi connectivity index (χ4v) is 1.57. The molecule has 17 heavy (non-hydrogen) atoms. The molecule has 4 nitrogen and oxygen atoms in total. The highest BCUT2D eigenvalue weighted by atomic mass is 16.1. The zero-order valence-electron chi connectivity index (χ0n) is 10.0. The number of carbonyl (C=O) groups is 1. The van der Waals surface area contributed by atoms with Gasteiger partial charge in [-0.05, 0) is 37.1 Å². The second-order valence-corrected chi connectivity index (χ2v) is 4.00. The van der Waals surface area contributed by atoms with Gasteiger partial charge < -0.3 is 10.6 Å². The molecule has 1 amide bonds. The number of primary amides is 1. The van der Waals surface area contributed by atoms with Crippen molar-refractivity contribution in [3.63, 3.8) is 0 Å². The molecule has 1 aromatic rings. The van der Waals surface area contributed by atoms with Crippen LogP contribution in [0.3, 0.4) is 0 Å². The summed E-state index contributed by atoms with van der Waals surface area (Å²) >= 11 is 0. The lowest BCUT2D eigenvalue weighted by Crippen LogP contribution is -2.19. The summed E-state index contributed by atoms with van der Waals surface area (Å²) in [4.78, 5) is 12.7. The molecule has 1 rings (SSSR count). The molecule has 0 spiro atoms. The van der Waals surface area contributed by atoms with Crippen molar-refractivity contribution in [2.45, 2.75) is 19.3 Å². The van der Waals surface area contributed by atoms with Gasteiger partial charge >= 0.3 is 0 Å². The Labute approximate surface area is 102 Å². The molecule has 0 saturated carbocycles. The van der Waals surface area contributed by atoms with Crippen molar-refractivity contribution < 1.29 is 4.79 Å². The number of anilines is 1. The summed E-state index contributed by atoms with van der Waals surface area (Å²) in [5.74, 6) is -0.244. The van der Waals surface area contributed by atoms with Gasteiger partial charge in [-0.2, -0.15) is 5.26 Å². The van der Waals surface area contributed by atoms with Gasteiger partial charge in [0.25, 0.3) is 0 Å². The third kappa shape index (κ3) is 4.56. The molecule has 2 N–H and O–H groups in total. The Balaban J connectivity index is 2.39. The monoisotopic (exact) mass is 231 g/mol. The van der Waals surface area contributed by atoms with E-state index >= 15 is 0 Å². The lowest BCUT2D eigenvalue weighted by Gasteiger charge is -2.18. The van der Waals surface area contributed by atoms with E-state index in [4.69, 9.17) is 11.0 Å². The van der Waals surface area contributed by atoms with Crippen molar-refractivity contribution >= 4 is 11.6 Å². The van der Waals surface area contributed by atoms with Gasteiger partial charge in [0.15, 0.2) is 0 Å². The molecule has 0 radical (unpaired) electrons. The highest BCUT2D eigenvalue weighted by Gasteiger charge is 2.01. The van der Waals surface area contributed by atoms with Crippen molar-refractivity contribution in [3.05, 3.63) is 29.8 Å². The van der Waals surface area contributed by atoms with Crippen LogP contribution in [0.15, 0.2) is 24.3 Å². The summed E-state index contributed by atoms with van der Waals surface area (Å²) in [6, 6.07) is 9.54. The number of rotatable bonds is 6. The largest absolute Gasteiger partial charge is 0.375 e. The molecular formula is C13H17N3O. The predicted molar refractivity (Wildman–Crippen MR) is 67.5 cm³/mol. The number of benzene rings is 1. The van der Waals surface area contributed by atoms with E-state index in [0.717, 1.165) is 25.1 Å². The number of nitrogens with two attached hydrogens (primary N) is 1. The number of amides is 1. The molecule has 0 fully saturated rings. The third-order valence-corrected chi connectivity index (χ3v) is 2.60. The summed E-state index contributed by atoms with van der Waals surface area (Å²) in [5, 5.41) is 8.69. The lowest BCUT2D eigenvalue weighted by molar-refractivity contribution is -0.118. The smallest absolute Gasteiger partial charge is 0.217 e. The quantitative estimate of drug-likeness (QED) is 0.757. The molecule has 0 aliphatic carbocycles. The van der Waals surface area contributed by atoms with E-state index in [2.05, 4.69) is 11.0 Å². The number of nitriles is 1. The molecular weight excluding hydrogens is 214 g/mol. The second kappa shape index (κ2) is 6.54. The van der Waals surface area contributed by atoms with Gasteiger partial charge in [-0.15, -0.1) is 0 Å². The lowest BCUT2D eigenvalue weighted by atomic mass is 10.2. The summed E-state index contributed by atoms with van der Waals surface area (Å²) in [6.45, 7) is 0.874. The molecule has 0 aliphatic rings. The van der Waals surface area contributed by atoms with E-state index in [1.165, 1.54) is 0 Å². The Kier molecular flexibility index (Phi) is 5.02. The van der Waals surface area contributed by atoms with Gasteiger partial charge in [0.2, 0.25) is 5.91 Å². The maximum atomic E-state index is 10.6. The van der Waals surface area contributed by atoms with Crippen molar-refractivity contribution in [3.8, 4) is 6.07 Å². The van der Waals surface area contributed by atoms with Crippen LogP contribution < -0.4 is 10.6 Å². The Bertz CT molecular complexity index is 406. The van der Waals surface area contributed by atoms with Crippen LogP contribution in [0, 0.1) is 11.3 Å². The van der Waals surface area contributed by atoms with Crippen LogP contribution in [0.25, 0.3) is 0 Å². The number of hydrogen-bond donors (Lipinski definition) is 1. The van der Waals surface area contributed by atoms with Crippen LogP contribution in [-0.4, -0.2) is 19.5 Å². The minimum absolute atomic E-state index is 0.244. The van der Waals surface area contributed by atoms with E-state index in [1.807, 2.05) is 19.2 Å². The molecule has 90 valence electrons. The van der Waals surface area contributed by atoms with Crippen LogP contribution in [0.2, 0.25) is 0 Å². The average Bonchev–Trinajstić information content (AvgIpc) is 2.34. The van der Waals surface area contributed by atoms with E-state index < -0.39 is 0 Å². The first kappa shape index (κ1) is 13.0. The SMILES string of the molecule is CN(CCCCC(N)=O)c1ccc(C#N)cc1. The summed E-state index contributed by atoms with van der Waals surface area (Å²) in [6.07, 6.45) is 2.19. The number of carbonyl (C=O) groups excluding carboxylic acids is 1. The standard InChI is InChI=1S/C13H17N3O/c1-16(9-3-2-4-13(15)17)12-7-5-11(10-14)6-8-12/h5-8H,2-4,9H2,1H3,(H2,15,17). The molecule has 0 aromatic heterocycles. The maximum Gasteiger partial charge on any atom is 0.217 e. The Morgan fingerprint density at radius 1 is 1.35 bits per heavy atom. The van der Waals surface area contributed by atoms with E-state index in [-0.39, 0.29) is 5.91 Å². The van der Waals surface area contributed by atoms with Gasteiger partial charge in [-0.3, -0.25) is 4.79 Å². The molecule has 4 heteroatoms. The van der Waals surface area contributed by atoms with Gasteiger partial charge in [-0.1, -0.05) is 0 Å². The normalized spacial score (nSPS) is 9.65.